The fourth-order valence-electron chi connectivity index (χ4n) is 2.08. The van der Waals surface area contributed by atoms with Crippen LogP contribution in [-0.2, 0) is 11.0 Å². The summed E-state index contributed by atoms with van der Waals surface area (Å²) in [6.07, 6.45) is 0.484. The van der Waals surface area contributed by atoms with Gasteiger partial charge in [0.05, 0.1) is 0 Å². The second kappa shape index (κ2) is 7.11. The molecule has 0 amide bonds. The minimum atomic E-state index is -4.44. The van der Waals surface area contributed by atoms with Crippen molar-refractivity contribution in [1.82, 2.24) is 5.32 Å². The summed E-state index contributed by atoms with van der Waals surface area (Å²) >= 11 is 0. The average molecular weight is 327 g/mol. The molecule has 118 valence electrons. The standard InChI is InChI=1S/C15H16F2NO3P/c16-13-5-1-11(2-6-13)9-10-18-15(22(19,20)21)12-3-7-14(17)8-4-12/h1-8,15,18H,9-10H2,(H2,19,20,21)/t15-/m0/s1. The molecule has 0 heterocycles. The molecule has 0 aromatic heterocycles. The van der Waals surface area contributed by atoms with Gasteiger partial charge >= 0.3 is 7.60 Å². The first-order valence-corrected chi connectivity index (χ1v) is 8.33. The fourth-order valence-corrected chi connectivity index (χ4v) is 3.01. The first kappa shape index (κ1) is 16.8. The Morgan fingerprint density at radius 2 is 1.45 bits per heavy atom. The molecule has 2 aromatic rings. The van der Waals surface area contributed by atoms with Crippen LogP contribution in [0.25, 0.3) is 0 Å². The predicted molar refractivity (Wildman–Crippen MR) is 79.3 cm³/mol. The number of hydrogen-bond donors (Lipinski definition) is 3. The van der Waals surface area contributed by atoms with E-state index in [1.807, 2.05) is 0 Å². The Morgan fingerprint density at radius 3 is 1.95 bits per heavy atom. The van der Waals surface area contributed by atoms with Crippen molar-refractivity contribution in [2.24, 2.45) is 0 Å². The predicted octanol–water partition coefficient (Wildman–Crippen LogP) is 2.97. The normalized spacial score (nSPS) is 13.1. The Hall–Kier alpha value is -1.59. The molecule has 4 nitrogen and oxygen atoms in total. The zero-order valence-corrected chi connectivity index (χ0v) is 12.5. The summed E-state index contributed by atoms with van der Waals surface area (Å²) in [5.74, 6) is -2.01. The SMILES string of the molecule is O=P(O)(O)[C@H](NCCc1ccc(F)cc1)c1ccc(F)cc1. The van der Waals surface area contributed by atoms with Crippen molar-refractivity contribution in [1.29, 1.82) is 0 Å². The fraction of sp³-hybridized carbons (Fsp3) is 0.200. The second-order valence-electron chi connectivity index (χ2n) is 4.87. The van der Waals surface area contributed by atoms with Gasteiger partial charge in [-0.2, -0.15) is 0 Å². The van der Waals surface area contributed by atoms with Crippen LogP contribution in [0, 0.1) is 11.6 Å². The summed E-state index contributed by atoms with van der Waals surface area (Å²) in [4.78, 5) is 18.9. The molecule has 0 aliphatic heterocycles. The van der Waals surface area contributed by atoms with Crippen LogP contribution in [0.15, 0.2) is 48.5 Å². The molecule has 7 heteroatoms. The van der Waals surface area contributed by atoms with Gasteiger partial charge in [0.25, 0.3) is 0 Å². The van der Waals surface area contributed by atoms with E-state index < -0.39 is 19.2 Å². The van der Waals surface area contributed by atoms with Crippen molar-refractivity contribution in [3.8, 4) is 0 Å². The van der Waals surface area contributed by atoms with E-state index in [0.29, 0.717) is 18.5 Å². The van der Waals surface area contributed by atoms with E-state index in [1.165, 1.54) is 24.3 Å². The smallest absolute Gasteiger partial charge is 0.323 e. The molecular formula is C15H16F2NO3P. The molecule has 22 heavy (non-hydrogen) atoms. The van der Waals surface area contributed by atoms with Crippen LogP contribution >= 0.6 is 7.60 Å². The minimum Gasteiger partial charge on any atom is -0.323 e. The van der Waals surface area contributed by atoms with Crippen LogP contribution in [-0.4, -0.2) is 16.3 Å². The summed E-state index contributed by atoms with van der Waals surface area (Å²) in [6, 6.07) is 10.9. The Balaban J connectivity index is 2.03. The van der Waals surface area contributed by atoms with Gasteiger partial charge < -0.3 is 9.79 Å². The van der Waals surface area contributed by atoms with Crippen LogP contribution in [0.3, 0.4) is 0 Å². The molecule has 3 N–H and O–H groups in total. The zero-order valence-electron chi connectivity index (χ0n) is 11.6. The first-order valence-electron chi connectivity index (χ1n) is 6.65. The molecule has 0 bridgehead atoms. The van der Waals surface area contributed by atoms with Gasteiger partial charge in [-0.3, -0.25) is 9.88 Å². The number of benzene rings is 2. The average Bonchev–Trinajstić information content (AvgIpc) is 2.46. The monoisotopic (exact) mass is 327 g/mol. The van der Waals surface area contributed by atoms with Crippen molar-refractivity contribution in [2.45, 2.75) is 12.2 Å². The van der Waals surface area contributed by atoms with E-state index in [9.17, 15) is 23.1 Å². The highest BCUT2D eigenvalue weighted by molar-refractivity contribution is 7.52. The van der Waals surface area contributed by atoms with E-state index in [0.717, 1.165) is 17.7 Å². The van der Waals surface area contributed by atoms with Crippen molar-refractivity contribution < 1.29 is 23.1 Å². The minimum absolute atomic E-state index is 0.290. The molecule has 0 unspecified atom stereocenters. The summed E-state index contributed by atoms with van der Waals surface area (Å²) in [5.41, 5.74) is 1.16. The Labute approximate surface area is 127 Å². The topological polar surface area (TPSA) is 69.6 Å². The molecule has 0 saturated carbocycles. The highest BCUT2D eigenvalue weighted by atomic mass is 31.2. The van der Waals surface area contributed by atoms with Gasteiger partial charge in [0, 0.05) is 6.54 Å². The van der Waals surface area contributed by atoms with Crippen molar-refractivity contribution in [3.63, 3.8) is 0 Å². The molecule has 2 aromatic carbocycles. The van der Waals surface area contributed by atoms with Gasteiger partial charge in [0.1, 0.15) is 17.4 Å². The second-order valence-corrected chi connectivity index (χ2v) is 6.57. The third kappa shape index (κ3) is 4.71. The van der Waals surface area contributed by atoms with Gasteiger partial charge in [0.15, 0.2) is 0 Å². The quantitative estimate of drug-likeness (QED) is 0.714. The number of hydrogen-bond acceptors (Lipinski definition) is 2. The molecule has 2 rings (SSSR count). The van der Waals surface area contributed by atoms with Crippen LogP contribution in [0.2, 0.25) is 0 Å². The maximum absolute atomic E-state index is 12.9. The summed E-state index contributed by atoms with van der Waals surface area (Å²) < 4.78 is 37.3. The maximum Gasteiger partial charge on any atom is 0.346 e. The lowest BCUT2D eigenvalue weighted by atomic mass is 10.1. The van der Waals surface area contributed by atoms with E-state index in [4.69, 9.17) is 0 Å². The molecule has 0 aliphatic carbocycles. The number of rotatable bonds is 6. The Kier molecular flexibility index (Phi) is 5.42. The molecule has 1 atom stereocenters. The summed E-state index contributed by atoms with van der Waals surface area (Å²) in [5, 5.41) is 2.78. The highest BCUT2D eigenvalue weighted by Crippen LogP contribution is 2.49. The van der Waals surface area contributed by atoms with Crippen LogP contribution in [0.5, 0.6) is 0 Å². The Bertz CT molecular complexity index is 655. The van der Waals surface area contributed by atoms with Crippen LogP contribution in [0.4, 0.5) is 8.78 Å². The van der Waals surface area contributed by atoms with Gasteiger partial charge in [-0.25, -0.2) is 8.78 Å². The van der Waals surface area contributed by atoms with Crippen molar-refractivity contribution in [3.05, 3.63) is 71.3 Å². The molecule has 0 radical (unpaired) electrons. The van der Waals surface area contributed by atoms with Crippen LogP contribution < -0.4 is 5.32 Å². The molecular weight excluding hydrogens is 311 g/mol. The Morgan fingerprint density at radius 1 is 0.955 bits per heavy atom. The van der Waals surface area contributed by atoms with E-state index in [1.54, 1.807) is 12.1 Å². The third-order valence-corrected chi connectivity index (χ3v) is 4.34. The lowest BCUT2D eigenvalue weighted by Crippen LogP contribution is -2.24. The highest BCUT2D eigenvalue weighted by Gasteiger charge is 2.29. The molecule has 0 spiro atoms. The number of nitrogens with one attached hydrogen (secondary N) is 1. The maximum atomic E-state index is 12.9. The zero-order chi connectivity index (χ0) is 16.2. The van der Waals surface area contributed by atoms with E-state index >= 15 is 0 Å². The molecule has 0 fully saturated rings. The molecule has 0 saturated heterocycles. The van der Waals surface area contributed by atoms with Gasteiger partial charge in [0.2, 0.25) is 0 Å². The van der Waals surface area contributed by atoms with Crippen molar-refractivity contribution >= 4 is 7.60 Å². The van der Waals surface area contributed by atoms with Gasteiger partial charge in [-0.15, -0.1) is 0 Å². The summed E-state index contributed by atoms with van der Waals surface area (Å²) in [7, 11) is -4.44. The van der Waals surface area contributed by atoms with Crippen LogP contribution in [0.1, 0.15) is 16.9 Å². The summed E-state index contributed by atoms with van der Waals surface area (Å²) in [6.45, 7) is 0.290. The van der Waals surface area contributed by atoms with Gasteiger partial charge in [-0.1, -0.05) is 24.3 Å². The number of halogens is 2. The van der Waals surface area contributed by atoms with E-state index in [2.05, 4.69) is 5.32 Å². The third-order valence-electron chi connectivity index (χ3n) is 3.19. The van der Waals surface area contributed by atoms with E-state index in [-0.39, 0.29) is 5.82 Å². The molecule has 0 aliphatic rings. The lowest BCUT2D eigenvalue weighted by Gasteiger charge is -2.20. The first-order chi connectivity index (χ1) is 10.4. The van der Waals surface area contributed by atoms with Gasteiger partial charge in [-0.05, 0) is 41.8 Å². The lowest BCUT2D eigenvalue weighted by molar-refractivity contribution is 0.348. The largest absolute Gasteiger partial charge is 0.346 e. The van der Waals surface area contributed by atoms with Crippen molar-refractivity contribution in [2.75, 3.05) is 6.54 Å².